The lowest BCUT2D eigenvalue weighted by atomic mass is 9.91. The quantitative estimate of drug-likeness (QED) is 0.431. The van der Waals surface area contributed by atoms with Gasteiger partial charge >= 0.3 is 0 Å². The van der Waals surface area contributed by atoms with Crippen molar-refractivity contribution >= 4 is 16.8 Å². The molecule has 1 amide bonds. The molecule has 0 aliphatic carbocycles. The van der Waals surface area contributed by atoms with Crippen molar-refractivity contribution in [2.45, 2.75) is 25.9 Å². The van der Waals surface area contributed by atoms with E-state index in [-0.39, 0.29) is 17.9 Å². The molecular formula is C26H26N2O2. The Morgan fingerprint density at radius 2 is 1.63 bits per heavy atom. The van der Waals surface area contributed by atoms with E-state index < -0.39 is 0 Å². The monoisotopic (exact) mass is 398 g/mol. The lowest BCUT2D eigenvalue weighted by Crippen LogP contribution is -2.28. The molecule has 1 atom stereocenters. The number of fused-ring (bicyclic) bond motifs is 1. The zero-order chi connectivity index (χ0) is 20.9. The topological polar surface area (TPSA) is 54.1 Å². The van der Waals surface area contributed by atoms with Gasteiger partial charge in [-0.25, -0.2) is 0 Å². The second kappa shape index (κ2) is 8.87. The molecule has 3 aromatic carbocycles. The minimum absolute atomic E-state index is 0.0508. The number of amides is 1. The summed E-state index contributed by atoms with van der Waals surface area (Å²) in [6.07, 6.45) is 2.15. The average molecular weight is 399 g/mol. The van der Waals surface area contributed by atoms with Crippen molar-refractivity contribution in [2.24, 2.45) is 0 Å². The standard InChI is InChI=1S/C26H26N2O2/c1-18(2)30-21-14-12-20(13-15-21)26(29)28-16-23(19-8-4-3-5-9-19)24-17-27-25-11-7-6-10-22(24)25/h3-15,17-18,23,27H,16H2,1-2H3,(H,28,29)/t23-/m0/s1. The van der Waals surface area contributed by atoms with E-state index in [4.69, 9.17) is 4.74 Å². The predicted molar refractivity (Wildman–Crippen MR) is 121 cm³/mol. The number of aromatic amines is 1. The summed E-state index contributed by atoms with van der Waals surface area (Å²) < 4.78 is 5.66. The normalized spacial score (nSPS) is 12.1. The van der Waals surface area contributed by atoms with Crippen LogP contribution >= 0.6 is 0 Å². The van der Waals surface area contributed by atoms with E-state index in [9.17, 15) is 4.79 Å². The Labute approximate surface area is 176 Å². The first-order chi connectivity index (χ1) is 14.6. The number of hydrogen-bond donors (Lipinski definition) is 2. The van der Waals surface area contributed by atoms with E-state index in [1.54, 1.807) is 12.1 Å². The fourth-order valence-corrected chi connectivity index (χ4v) is 3.73. The molecule has 0 unspecified atom stereocenters. The fourth-order valence-electron chi connectivity index (χ4n) is 3.73. The van der Waals surface area contributed by atoms with Gasteiger partial charge in [0, 0.05) is 35.1 Å². The first-order valence-corrected chi connectivity index (χ1v) is 10.3. The molecule has 1 heterocycles. The number of H-pyrrole nitrogens is 1. The first kappa shape index (κ1) is 19.8. The number of carbonyl (C=O) groups excluding carboxylic acids is 1. The van der Waals surface area contributed by atoms with Gasteiger partial charge in [-0.05, 0) is 55.3 Å². The van der Waals surface area contributed by atoms with Crippen LogP contribution < -0.4 is 10.1 Å². The molecule has 0 spiro atoms. The zero-order valence-electron chi connectivity index (χ0n) is 17.3. The van der Waals surface area contributed by atoms with Crippen LogP contribution in [0.1, 0.15) is 41.3 Å². The number of rotatable bonds is 7. The number of benzene rings is 3. The van der Waals surface area contributed by atoms with Crippen molar-refractivity contribution in [3.05, 3.63) is 102 Å². The largest absolute Gasteiger partial charge is 0.491 e. The fraction of sp³-hybridized carbons (Fsp3) is 0.192. The summed E-state index contributed by atoms with van der Waals surface area (Å²) in [4.78, 5) is 16.1. The van der Waals surface area contributed by atoms with Crippen LogP contribution in [0.3, 0.4) is 0 Å². The molecule has 4 nitrogen and oxygen atoms in total. The summed E-state index contributed by atoms with van der Waals surface area (Å²) in [5.41, 5.74) is 4.07. The van der Waals surface area contributed by atoms with Gasteiger partial charge in [-0.1, -0.05) is 48.5 Å². The highest BCUT2D eigenvalue weighted by molar-refractivity contribution is 5.94. The molecule has 0 fully saturated rings. The second-order valence-electron chi connectivity index (χ2n) is 7.65. The summed E-state index contributed by atoms with van der Waals surface area (Å²) in [7, 11) is 0. The number of nitrogens with one attached hydrogen (secondary N) is 2. The maximum Gasteiger partial charge on any atom is 0.251 e. The summed E-state index contributed by atoms with van der Waals surface area (Å²) in [6.45, 7) is 4.47. The van der Waals surface area contributed by atoms with Crippen molar-refractivity contribution in [3.8, 4) is 5.75 Å². The van der Waals surface area contributed by atoms with Crippen molar-refractivity contribution < 1.29 is 9.53 Å². The van der Waals surface area contributed by atoms with E-state index in [1.165, 1.54) is 16.5 Å². The van der Waals surface area contributed by atoms with E-state index in [0.29, 0.717) is 12.1 Å². The van der Waals surface area contributed by atoms with Crippen LogP contribution in [0.2, 0.25) is 0 Å². The van der Waals surface area contributed by atoms with E-state index in [2.05, 4.69) is 34.6 Å². The summed E-state index contributed by atoms with van der Waals surface area (Å²) in [5.74, 6) is 0.726. The first-order valence-electron chi connectivity index (χ1n) is 10.3. The average Bonchev–Trinajstić information content (AvgIpc) is 3.19. The number of para-hydroxylation sites is 1. The van der Waals surface area contributed by atoms with Crippen LogP contribution in [-0.2, 0) is 0 Å². The van der Waals surface area contributed by atoms with Gasteiger partial charge in [0.25, 0.3) is 5.91 Å². The number of ether oxygens (including phenoxy) is 1. The Morgan fingerprint density at radius 3 is 2.37 bits per heavy atom. The molecule has 4 aromatic rings. The Kier molecular flexibility index (Phi) is 5.84. The SMILES string of the molecule is CC(C)Oc1ccc(C(=O)NC[C@@H](c2ccccc2)c2c[nH]c3ccccc23)cc1. The summed E-state index contributed by atoms with van der Waals surface area (Å²) in [5, 5.41) is 4.29. The maximum absolute atomic E-state index is 12.8. The van der Waals surface area contributed by atoms with Gasteiger partial charge in [-0.15, -0.1) is 0 Å². The van der Waals surface area contributed by atoms with Crippen molar-refractivity contribution in [3.63, 3.8) is 0 Å². The third-order valence-corrected chi connectivity index (χ3v) is 5.15. The highest BCUT2D eigenvalue weighted by atomic mass is 16.5. The van der Waals surface area contributed by atoms with Crippen molar-refractivity contribution in [1.82, 2.24) is 10.3 Å². The molecule has 0 aliphatic rings. The smallest absolute Gasteiger partial charge is 0.251 e. The van der Waals surface area contributed by atoms with Gasteiger partial charge in [0.05, 0.1) is 6.10 Å². The predicted octanol–water partition coefficient (Wildman–Crippen LogP) is 5.52. The van der Waals surface area contributed by atoms with Gasteiger partial charge < -0.3 is 15.0 Å². The Bertz CT molecular complexity index is 1110. The minimum Gasteiger partial charge on any atom is -0.491 e. The molecule has 4 rings (SSSR count). The number of aromatic nitrogens is 1. The molecular weight excluding hydrogens is 372 g/mol. The van der Waals surface area contributed by atoms with Crippen LogP contribution in [0.5, 0.6) is 5.75 Å². The molecule has 0 radical (unpaired) electrons. The molecule has 0 saturated carbocycles. The van der Waals surface area contributed by atoms with Gasteiger partial charge in [0.15, 0.2) is 0 Å². The van der Waals surface area contributed by atoms with Crippen molar-refractivity contribution in [2.75, 3.05) is 6.54 Å². The van der Waals surface area contributed by atoms with Crippen LogP contribution in [0.4, 0.5) is 0 Å². The van der Waals surface area contributed by atoms with Crippen molar-refractivity contribution in [1.29, 1.82) is 0 Å². The molecule has 0 bridgehead atoms. The van der Waals surface area contributed by atoms with Gasteiger partial charge in [-0.3, -0.25) is 4.79 Å². The highest BCUT2D eigenvalue weighted by Gasteiger charge is 2.19. The lowest BCUT2D eigenvalue weighted by Gasteiger charge is -2.18. The van der Waals surface area contributed by atoms with Gasteiger partial charge in [0.2, 0.25) is 0 Å². The van der Waals surface area contributed by atoms with Crippen LogP contribution in [0.25, 0.3) is 10.9 Å². The number of hydrogen-bond acceptors (Lipinski definition) is 2. The highest BCUT2D eigenvalue weighted by Crippen LogP contribution is 2.30. The zero-order valence-corrected chi connectivity index (χ0v) is 17.3. The van der Waals surface area contributed by atoms with Gasteiger partial charge in [0.1, 0.15) is 5.75 Å². The number of carbonyl (C=O) groups is 1. The van der Waals surface area contributed by atoms with E-state index >= 15 is 0 Å². The Morgan fingerprint density at radius 1 is 0.933 bits per heavy atom. The Hall–Kier alpha value is -3.53. The lowest BCUT2D eigenvalue weighted by molar-refractivity contribution is 0.0952. The van der Waals surface area contributed by atoms with Crippen LogP contribution in [0, 0.1) is 0 Å². The molecule has 0 aliphatic heterocycles. The third kappa shape index (κ3) is 4.38. The van der Waals surface area contributed by atoms with E-state index in [1.807, 2.05) is 62.5 Å². The summed E-state index contributed by atoms with van der Waals surface area (Å²) >= 11 is 0. The van der Waals surface area contributed by atoms with E-state index in [0.717, 1.165) is 11.3 Å². The third-order valence-electron chi connectivity index (χ3n) is 5.15. The molecule has 152 valence electrons. The molecule has 0 saturated heterocycles. The van der Waals surface area contributed by atoms with Gasteiger partial charge in [-0.2, -0.15) is 0 Å². The molecule has 2 N–H and O–H groups in total. The summed E-state index contributed by atoms with van der Waals surface area (Å²) in [6, 6.07) is 25.8. The molecule has 30 heavy (non-hydrogen) atoms. The van der Waals surface area contributed by atoms with Crippen LogP contribution in [-0.4, -0.2) is 23.5 Å². The maximum atomic E-state index is 12.8. The van der Waals surface area contributed by atoms with Crippen LogP contribution in [0.15, 0.2) is 85.1 Å². The Balaban J connectivity index is 1.55. The minimum atomic E-state index is -0.0909. The second-order valence-corrected chi connectivity index (χ2v) is 7.65. The molecule has 1 aromatic heterocycles. The molecule has 4 heteroatoms.